The van der Waals surface area contributed by atoms with Gasteiger partial charge in [-0.2, -0.15) is 0 Å². The summed E-state index contributed by atoms with van der Waals surface area (Å²) in [6.45, 7) is 0. The molecule has 1 heterocycles. The normalized spacial score (nSPS) is 15.7. The summed E-state index contributed by atoms with van der Waals surface area (Å²) in [4.78, 5) is 3.12. The van der Waals surface area contributed by atoms with Gasteiger partial charge in [-0.25, -0.2) is 0 Å². The molecule has 0 radical (unpaired) electrons. The van der Waals surface area contributed by atoms with Crippen molar-refractivity contribution in [2.24, 2.45) is 0 Å². The molecule has 0 N–H and O–H groups in total. The molecule has 1 aliphatic carbocycles. The summed E-state index contributed by atoms with van der Waals surface area (Å²) in [5, 5.41) is 1.22. The topological polar surface area (TPSA) is 0 Å². The molecule has 0 spiro atoms. The lowest BCUT2D eigenvalue weighted by Gasteiger charge is -2.09. The summed E-state index contributed by atoms with van der Waals surface area (Å²) in [5.74, 6) is 0. The highest BCUT2D eigenvalue weighted by molar-refractivity contribution is 9.09. The smallest absolute Gasteiger partial charge is 0.0738 e. The summed E-state index contributed by atoms with van der Waals surface area (Å²) in [5.41, 5.74) is 2.68. The maximum atomic E-state index is 6.07. The molecule has 4 heteroatoms. The molecule has 0 nitrogen and oxygen atoms in total. The molecule has 0 saturated heterocycles. The second-order valence-electron chi connectivity index (χ2n) is 4.49. The molecule has 1 atom stereocenters. The molecular weight excluding hydrogens is 351 g/mol. The van der Waals surface area contributed by atoms with Crippen LogP contribution in [0.3, 0.4) is 0 Å². The molecule has 1 unspecified atom stereocenters. The molecule has 0 saturated carbocycles. The standard InChI is InChI=1S/C14H11BrCl2S/c15-14(9-4-5-10(16)11(17)6-9)13-7-8-2-1-3-12(8)18-13/h4-7,14H,1-3H2. The first-order chi connectivity index (χ1) is 8.65. The van der Waals surface area contributed by atoms with Crippen molar-refractivity contribution < 1.29 is 0 Å². The van der Waals surface area contributed by atoms with E-state index in [1.165, 1.54) is 29.7 Å². The highest BCUT2D eigenvalue weighted by atomic mass is 79.9. The van der Waals surface area contributed by atoms with E-state index in [2.05, 4.69) is 22.0 Å². The van der Waals surface area contributed by atoms with Crippen molar-refractivity contribution in [3.05, 3.63) is 55.2 Å². The van der Waals surface area contributed by atoms with Crippen molar-refractivity contribution in [2.45, 2.75) is 24.1 Å². The summed E-state index contributed by atoms with van der Waals surface area (Å²) in [6.07, 6.45) is 3.77. The number of benzene rings is 1. The predicted octanol–water partition coefficient (Wildman–Crippen LogP) is 6.03. The maximum Gasteiger partial charge on any atom is 0.0738 e. The van der Waals surface area contributed by atoms with Crippen LogP contribution < -0.4 is 0 Å². The van der Waals surface area contributed by atoms with Crippen LogP contribution in [-0.2, 0) is 12.8 Å². The van der Waals surface area contributed by atoms with Crippen LogP contribution in [0, 0.1) is 0 Å². The zero-order valence-corrected chi connectivity index (χ0v) is 13.5. The SMILES string of the molecule is Clc1ccc(C(Br)c2cc3c(s2)CCC3)cc1Cl. The van der Waals surface area contributed by atoms with E-state index in [1.807, 2.05) is 29.5 Å². The Bertz CT molecular complexity index is 570. The van der Waals surface area contributed by atoms with Gasteiger partial charge < -0.3 is 0 Å². The van der Waals surface area contributed by atoms with Crippen LogP contribution >= 0.6 is 50.5 Å². The maximum absolute atomic E-state index is 6.07. The number of thiophene rings is 1. The lowest BCUT2D eigenvalue weighted by atomic mass is 10.1. The van der Waals surface area contributed by atoms with Crippen molar-refractivity contribution in [1.82, 2.24) is 0 Å². The molecule has 0 amide bonds. The average molecular weight is 362 g/mol. The largest absolute Gasteiger partial charge is 0.144 e. The van der Waals surface area contributed by atoms with Crippen molar-refractivity contribution in [2.75, 3.05) is 0 Å². The fourth-order valence-corrected chi connectivity index (χ4v) is 4.58. The highest BCUT2D eigenvalue weighted by Gasteiger charge is 2.20. The van der Waals surface area contributed by atoms with Gasteiger partial charge in [0.1, 0.15) is 0 Å². The third kappa shape index (κ3) is 2.36. The van der Waals surface area contributed by atoms with Crippen LogP contribution in [0.15, 0.2) is 24.3 Å². The molecule has 0 fully saturated rings. The number of hydrogen-bond acceptors (Lipinski definition) is 1. The van der Waals surface area contributed by atoms with Crippen LogP contribution in [0.25, 0.3) is 0 Å². The van der Waals surface area contributed by atoms with Gasteiger partial charge in [-0.1, -0.05) is 45.2 Å². The first-order valence-electron chi connectivity index (χ1n) is 5.85. The van der Waals surface area contributed by atoms with Gasteiger partial charge in [-0.15, -0.1) is 11.3 Å². The summed E-state index contributed by atoms with van der Waals surface area (Å²) < 4.78 is 0. The minimum Gasteiger partial charge on any atom is -0.144 e. The zero-order chi connectivity index (χ0) is 12.7. The van der Waals surface area contributed by atoms with Crippen LogP contribution in [0.4, 0.5) is 0 Å². The van der Waals surface area contributed by atoms with Crippen LogP contribution in [0.2, 0.25) is 10.0 Å². The number of halogens is 3. The second-order valence-corrected chi connectivity index (χ2v) is 7.39. The number of aryl methyl sites for hydroxylation is 2. The van der Waals surface area contributed by atoms with Gasteiger partial charge in [0.25, 0.3) is 0 Å². The molecule has 2 aromatic rings. The first-order valence-corrected chi connectivity index (χ1v) is 8.34. The number of alkyl halides is 1. The molecule has 94 valence electrons. The van der Waals surface area contributed by atoms with Crippen LogP contribution in [-0.4, -0.2) is 0 Å². The fraction of sp³-hybridized carbons (Fsp3) is 0.286. The van der Waals surface area contributed by atoms with Crippen molar-refractivity contribution in [3.63, 3.8) is 0 Å². The third-order valence-electron chi connectivity index (χ3n) is 3.25. The Morgan fingerprint density at radius 3 is 2.67 bits per heavy atom. The molecule has 1 aromatic carbocycles. The molecule has 3 rings (SSSR count). The van der Waals surface area contributed by atoms with E-state index in [0.717, 1.165) is 5.56 Å². The minimum atomic E-state index is 0.211. The fourth-order valence-electron chi connectivity index (χ4n) is 2.31. The van der Waals surface area contributed by atoms with Gasteiger partial charge in [0, 0.05) is 9.75 Å². The number of rotatable bonds is 2. The Balaban J connectivity index is 1.93. The Kier molecular flexibility index (Phi) is 3.72. The lowest BCUT2D eigenvalue weighted by Crippen LogP contribution is -1.90. The number of hydrogen-bond donors (Lipinski definition) is 0. The predicted molar refractivity (Wildman–Crippen MR) is 83.6 cm³/mol. The molecular formula is C14H11BrCl2S. The highest BCUT2D eigenvalue weighted by Crippen LogP contribution is 2.41. The molecule has 1 aromatic heterocycles. The quantitative estimate of drug-likeness (QED) is 0.573. The van der Waals surface area contributed by atoms with Gasteiger partial charge in [0.05, 0.1) is 14.9 Å². The summed E-state index contributed by atoms with van der Waals surface area (Å²) in [6, 6.07) is 8.15. The van der Waals surface area contributed by atoms with Gasteiger partial charge in [0.15, 0.2) is 0 Å². The lowest BCUT2D eigenvalue weighted by molar-refractivity contribution is 0.913. The van der Waals surface area contributed by atoms with Gasteiger partial charge in [-0.05, 0) is 48.6 Å². The summed E-state index contributed by atoms with van der Waals surface area (Å²) in [7, 11) is 0. The van der Waals surface area contributed by atoms with Gasteiger partial charge >= 0.3 is 0 Å². The zero-order valence-electron chi connectivity index (χ0n) is 9.55. The van der Waals surface area contributed by atoms with Gasteiger partial charge in [-0.3, -0.25) is 0 Å². The monoisotopic (exact) mass is 360 g/mol. The van der Waals surface area contributed by atoms with E-state index in [9.17, 15) is 0 Å². The molecule has 0 aliphatic heterocycles. The first kappa shape index (κ1) is 13.0. The van der Waals surface area contributed by atoms with E-state index < -0.39 is 0 Å². The Morgan fingerprint density at radius 2 is 1.94 bits per heavy atom. The van der Waals surface area contributed by atoms with Crippen molar-refractivity contribution in [1.29, 1.82) is 0 Å². The van der Waals surface area contributed by atoms with Crippen molar-refractivity contribution in [3.8, 4) is 0 Å². The number of fused-ring (bicyclic) bond motifs is 1. The van der Waals surface area contributed by atoms with E-state index in [4.69, 9.17) is 23.2 Å². The van der Waals surface area contributed by atoms with E-state index in [0.29, 0.717) is 10.0 Å². The minimum absolute atomic E-state index is 0.211. The Morgan fingerprint density at radius 1 is 1.11 bits per heavy atom. The average Bonchev–Trinajstić information content (AvgIpc) is 2.92. The molecule has 18 heavy (non-hydrogen) atoms. The van der Waals surface area contributed by atoms with Crippen LogP contribution in [0.5, 0.6) is 0 Å². The van der Waals surface area contributed by atoms with E-state index in [1.54, 1.807) is 4.88 Å². The second kappa shape index (κ2) is 5.16. The van der Waals surface area contributed by atoms with E-state index >= 15 is 0 Å². The molecule has 0 bridgehead atoms. The Labute approximate surface area is 129 Å². The van der Waals surface area contributed by atoms with E-state index in [-0.39, 0.29) is 4.83 Å². The third-order valence-corrected chi connectivity index (χ3v) is 6.62. The Hall–Kier alpha value is -0.0200. The molecule has 1 aliphatic rings. The van der Waals surface area contributed by atoms with Crippen molar-refractivity contribution >= 4 is 50.5 Å². The van der Waals surface area contributed by atoms with Crippen LogP contribution in [0.1, 0.15) is 32.1 Å². The van der Waals surface area contributed by atoms with Gasteiger partial charge in [0.2, 0.25) is 0 Å². The summed E-state index contributed by atoms with van der Waals surface area (Å²) >= 11 is 17.7.